The molecule has 17 heavy (non-hydrogen) atoms. The fourth-order valence-electron chi connectivity index (χ4n) is 2.04. The van der Waals surface area contributed by atoms with Gasteiger partial charge in [0.15, 0.2) is 0 Å². The Morgan fingerprint density at radius 3 is 2.24 bits per heavy atom. The Hall–Kier alpha value is -0.760. The van der Waals surface area contributed by atoms with Crippen molar-refractivity contribution in [1.29, 1.82) is 0 Å². The minimum atomic E-state index is 0.563. The fourth-order valence-corrected chi connectivity index (χ4v) is 3.52. The van der Waals surface area contributed by atoms with Gasteiger partial charge < -0.3 is 0 Å². The largest absolute Gasteiger partial charge is 0.135 e. The predicted octanol–water partition coefficient (Wildman–Crippen LogP) is 5.53. The average Bonchev–Trinajstić information content (AvgIpc) is 2.74. The van der Waals surface area contributed by atoms with Gasteiger partial charge in [-0.05, 0) is 29.3 Å². The molecular formula is C14H10Cl2S. The van der Waals surface area contributed by atoms with E-state index in [4.69, 9.17) is 23.2 Å². The second-order valence-corrected chi connectivity index (χ2v) is 5.65. The number of thiophene rings is 1. The summed E-state index contributed by atoms with van der Waals surface area (Å²) in [6.45, 7) is 0. The molecule has 0 aliphatic rings. The fraction of sp³-hybridized carbons (Fsp3) is 0.143. The van der Waals surface area contributed by atoms with Crippen LogP contribution in [0.3, 0.4) is 0 Å². The van der Waals surface area contributed by atoms with Gasteiger partial charge in [0.1, 0.15) is 0 Å². The van der Waals surface area contributed by atoms with E-state index in [2.05, 4.69) is 36.4 Å². The third kappa shape index (κ3) is 1.93. The van der Waals surface area contributed by atoms with Crippen LogP contribution >= 0.6 is 34.5 Å². The summed E-state index contributed by atoms with van der Waals surface area (Å²) in [5, 5.41) is 2.59. The van der Waals surface area contributed by atoms with Gasteiger partial charge in [0.05, 0.1) is 0 Å². The van der Waals surface area contributed by atoms with Crippen LogP contribution in [0.25, 0.3) is 20.2 Å². The summed E-state index contributed by atoms with van der Waals surface area (Å²) in [5.41, 5.74) is 2.34. The van der Waals surface area contributed by atoms with Crippen LogP contribution < -0.4 is 0 Å². The van der Waals surface area contributed by atoms with Gasteiger partial charge >= 0.3 is 0 Å². The highest BCUT2D eigenvalue weighted by Gasteiger charge is 2.06. The van der Waals surface area contributed by atoms with E-state index >= 15 is 0 Å². The lowest BCUT2D eigenvalue weighted by atomic mass is 10.1. The lowest BCUT2D eigenvalue weighted by Crippen LogP contribution is -1.77. The van der Waals surface area contributed by atoms with Crippen LogP contribution in [0, 0.1) is 0 Å². The van der Waals surface area contributed by atoms with Crippen molar-refractivity contribution >= 4 is 54.7 Å². The van der Waals surface area contributed by atoms with Gasteiger partial charge in [-0.25, -0.2) is 0 Å². The molecule has 0 N–H and O–H groups in total. The van der Waals surface area contributed by atoms with Gasteiger partial charge in [-0.15, -0.1) is 34.5 Å². The molecular weight excluding hydrogens is 271 g/mol. The summed E-state index contributed by atoms with van der Waals surface area (Å²) in [6, 6.07) is 12.8. The van der Waals surface area contributed by atoms with Crippen molar-refractivity contribution in [2.75, 3.05) is 0 Å². The molecule has 0 saturated carbocycles. The number of benzene rings is 2. The zero-order valence-electron chi connectivity index (χ0n) is 9.04. The molecule has 0 spiro atoms. The minimum absolute atomic E-state index is 0.563. The van der Waals surface area contributed by atoms with Gasteiger partial charge in [0, 0.05) is 31.9 Å². The Balaban J connectivity index is 2.34. The second-order valence-electron chi connectivity index (χ2n) is 4.03. The van der Waals surface area contributed by atoms with Crippen molar-refractivity contribution in [3.05, 3.63) is 47.5 Å². The summed E-state index contributed by atoms with van der Waals surface area (Å²) in [4.78, 5) is 0. The quantitative estimate of drug-likeness (QED) is 0.541. The number of hydrogen-bond acceptors (Lipinski definition) is 1. The summed E-state index contributed by atoms with van der Waals surface area (Å²) in [6.07, 6.45) is 0. The average molecular weight is 281 g/mol. The molecule has 0 radical (unpaired) electrons. The number of fused-ring (bicyclic) bond motifs is 3. The van der Waals surface area contributed by atoms with Crippen LogP contribution in [0.15, 0.2) is 36.4 Å². The molecule has 86 valence electrons. The van der Waals surface area contributed by atoms with E-state index in [0.29, 0.717) is 11.8 Å². The predicted molar refractivity (Wildman–Crippen MR) is 78.4 cm³/mol. The Bertz CT molecular complexity index is 685. The third-order valence-corrected chi connectivity index (χ3v) is 4.66. The van der Waals surface area contributed by atoms with Crippen molar-refractivity contribution in [2.24, 2.45) is 0 Å². The topological polar surface area (TPSA) is 0 Å². The first-order valence-corrected chi connectivity index (χ1v) is 7.26. The van der Waals surface area contributed by atoms with Gasteiger partial charge in [-0.1, -0.05) is 18.2 Å². The highest BCUT2D eigenvalue weighted by molar-refractivity contribution is 7.25. The zero-order valence-corrected chi connectivity index (χ0v) is 11.4. The lowest BCUT2D eigenvalue weighted by Gasteiger charge is -1.97. The van der Waals surface area contributed by atoms with Crippen molar-refractivity contribution < 1.29 is 0 Å². The van der Waals surface area contributed by atoms with Crippen molar-refractivity contribution in [3.8, 4) is 0 Å². The van der Waals surface area contributed by atoms with Crippen LogP contribution in [-0.4, -0.2) is 0 Å². The van der Waals surface area contributed by atoms with E-state index in [1.54, 1.807) is 0 Å². The van der Waals surface area contributed by atoms with Gasteiger partial charge in [-0.2, -0.15) is 0 Å². The number of hydrogen-bond donors (Lipinski definition) is 0. The van der Waals surface area contributed by atoms with E-state index in [1.165, 1.54) is 31.3 Å². The molecule has 1 aromatic heterocycles. The highest BCUT2D eigenvalue weighted by atomic mass is 35.5. The number of alkyl halides is 2. The monoisotopic (exact) mass is 280 g/mol. The lowest BCUT2D eigenvalue weighted by molar-refractivity contribution is 1.43. The van der Waals surface area contributed by atoms with Crippen molar-refractivity contribution in [1.82, 2.24) is 0 Å². The molecule has 2 aromatic carbocycles. The first kappa shape index (κ1) is 11.3. The van der Waals surface area contributed by atoms with Gasteiger partial charge in [-0.3, -0.25) is 0 Å². The molecule has 1 heterocycles. The molecule has 3 heteroatoms. The highest BCUT2D eigenvalue weighted by Crippen LogP contribution is 2.35. The van der Waals surface area contributed by atoms with Gasteiger partial charge in [0.25, 0.3) is 0 Å². The van der Waals surface area contributed by atoms with E-state index in [9.17, 15) is 0 Å². The molecule has 0 amide bonds. The van der Waals surface area contributed by atoms with E-state index in [0.717, 1.165) is 0 Å². The summed E-state index contributed by atoms with van der Waals surface area (Å²) in [5.74, 6) is 1.13. The maximum Gasteiger partial charge on any atom is 0.0474 e. The van der Waals surface area contributed by atoms with Crippen LogP contribution in [-0.2, 0) is 11.8 Å². The summed E-state index contributed by atoms with van der Waals surface area (Å²) in [7, 11) is 0. The van der Waals surface area contributed by atoms with Crippen LogP contribution in [0.2, 0.25) is 0 Å². The molecule has 0 nitrogen and oxygen atoms in total. The molecule has 0 saturated heterocycles. The summed E-state index contributed by atoms with van der Waals surface area (Å²) >= 11 is 13.5. The van der Waals surface area contributed by atoms with E-state index < -0.39 is 0 Å². The third-order valence-electron chi connectivity index (χ3n) is 2.91. The smallest absolute Gasteiger partial charge is 0.0474 e. The molecule has 0 aliphatic carbocycles. The van der Waals surface area contributed by atoms with Crippen LogP contribution in [0.1, 0.15) is 11.1 Å². The SMILES string of the molecule is ClCc1ccc2c(c1)sc1ccc(CCl)cc12. The van der Waals surface area contributed by atoms with E-state index in [1.807, 2.05) is 11.3 Å². The zero-order chi connectivity index (χ0) is 11.8. The molecule has 0 unspecified atom stereocenters. The molecule has 3 rings (SSSR count). The molecule has 0 atom stereocenters. The number of halogens is 2. The van der Waals surface area contributed by atoms with Crippen LogP contribution in [0.4, 0.5) is 0 Å². The molecule has 0 bridgehead atoms. The minimum Gasteiger partial charge on any atom is -0.135 e. The van der Waals surface area contributed by atoms with Gasteiger partial charge in [0.2, 0.25) is 0 Å². The summed E-state index contributed by atoms with van der Waals surface area (Å²) < 4.78 is 2.60. The Morgan fingerprint density at radius 1 is 0.765 bits per heavy atom. The standard InChI is InChI=1S/C14H10Cl2S/c15-7-9-2-4-13-12(5-9)11-3-1-10(8-16)6-14(11)17-13/h1-6H,7-8H2. The van der Waals surface area contributed by atoms with E-state index in [-0.39, 0.29) is 0 Å². The normalized spacial score (nSPS) is 11.4. The Labute approximate surface area is 114 Å². The Kier molecular flexibility index (Phi) is 2.99. The molecule has 3 aromatic rings. The Morgan fingerprint density at radius 2 is 1.47 bits per heavy atom. The van der Waals surface area contributed by atoms with Crippen molar-refractivity contribution in [3.63, 3.8) is 0 Å². The maximum absolute atomic E-state index is 5.88. The molecule has 0 fully saturated rings. The molecule has 0 aliphatic heterocycles. The first-order valence-electron chi connectivity index (χ1n) is 5.38. The first-order chi connectivity index (χ1) is 8.31. The second kappa shape index (κ2) is 4.49. The van der Waals surface area contributed by atoms with Crippen molar-refractivity contribution in [2.45, 2.75) is 11.8 Å². The van der Waals surface area contributed by atoms with Crippen LogP contribution in [0.5, 0.6) is 0 Å². The number of rotatable bonds is 2. The maximum atomic E-state index is 5.88.